The van der Waals surface area contributed by atoms with Crippen LogP contribution in [0.3, 0.4) is 0 Å². The summed E-state index contributed by atoms with van der Waals surface area (Å²) in [5.74, 6) is -1.65. The number of nitrogens with zero attached hydrogens (tertiary/aromatic N) is 2. The Morgan fingerprint density at radius 2 is 1.66 bits per heavy atom. The number of nitrogen functional groups attached to an aromatic ring is 1. The van der Waals surface area contributed by atoms with Crippen LogP contribution in [0.25, 0.3) is 22.3 Å². The molecule has 3 aromatic carbocycles. The summed E-state index contributed by atoms with van der Waals surface area (Å²) in [5, 5.41) is 15.6. The predicted molar refractivity (Wildman–Crippen MR) is 130 cm³/mol. The molecule has 0 aliphatic heterocycles. The fourth-order valence-electron chi connectivity index (χ4n) is 3.50. The van der Waals surface area contributed by atoms with Crippen LogP contribution in [-0.2, 0) is 10.0 Å². The number of amidine groups is 1. The number of rotatable bonds is 6. The van der Waals surface area contributed by atoms with Crippen LogP contribution < -0.4 is 16.2 Å². The first-order valence-electron chi connectivity index (χ1n) is 10.1. The lowest BCUT2D eigenvalue weighted by Gasteiger charge is -2.11. The first-order valence-corrected chi connectivity index (χ1v) is 11.7. The highest BCUT2D eigenvalue weighted by molar-refractivity contribution is 7.89. The van der Waals surface area contributed by atoms with Gasteiger partial charge in [-0.2, -0.15) is 0 Å². The monoisotopic (exact) mass is 490 g/mol. The van der Waals surface area contributed by atoms with Crippen molar-refractivity contribution in [1.82, 2.24) is 9.97 Å². The molecule has 0 aliphatic carbocycles. The lowest BCUT2D eigenvalue weighted by molar-refractivity contribution is 0.102. The van der Waals surface area contributed by atoms with Gasteiger partial charge in [-0.25, -0.2) is 27.9 Å². The molecule has 0 spiro atoms. The zero-order chi connectivity index (χ0) is 25.2. The maximum Gasteiger partial charge on any atom is 0.275 e. The van der Waals surface area contributed by atoms with Crippen molar-refractivity contribution in [2.75, 3.05) is 5.32 Å². The van der Waals surface area contributed by atoms with Crippen molar-refractivity contribution in [3.8, 4) is 22.3 Å². The average Bonchev–Trinajstić information content (AvgIpc) is 2.84. The van der Waals surface area contributed by atoms with Crippen molar-refractivity contribution in [2.24, 2.45) is 10.9 Å². The van der Waals surface area contributed by atoms with Crippen molar-refractivity contribution in [2.45, 2.75) is 4.90 Å². The quantitative estimate of drug-likeness (QED) is 0.239. The summed E-state index contributed by atoms with van der Waals surface area (Å²) in [6, 6.07) is 16.8. The van der Waals surface area contributed by atoms with Crippen LogP contribution in [0.4, 0.5) is 10.1 Å². The van der Waals surface area contributed by atoms with Gasteiger partial charge < -0.3 is 11.1 Å². The van der Waals surface area contributed by atoms with Gasteiger partial charge in [-0.15, -0.1) is 0 Å². The number of benzene rings is 3. The number of anilines is 1. The summed E-state index contributed by atoms with van der Waals surface area (Å²) >= 11 is 0. The van der Waals surface area contributed by atoms with E-state index in [0.29, 0.717) is 27.9 Å². The fraction of sp³-hybridized carbons (Fsp3) is 0. The van der Waals surface area contributed by atoms with E-state index in [4.69, 9.17) is 16.3 Å². The maximum absolute atomic E-state index is 14.0. The molecule has 1 aromatic heterocycles. The molecule has 0 fully saturated rings. The zero-order valence-electron chi connectivity index (χ0n) is 18.1. The number of hydrogen-bond acceptors (Lipinski definition) is 6. The molecule has 0 saturated heterocycles. The number of nitrogens with one attached hydrogen (secondary N) is 2. The standard InChI is InChI=1S/C24H19FN6O3S/c25-20-10-7-15(11-18(20)23(26)27)19-12-29-13-30-22(19)24(32)31-16-8-5-14(6-9-16)17-3-1-2-4-21(17)35(28,33)34/h1-13H,(H3,26,27)(H,31,32)(H2,28,33,34). The number of hydrogen-bond donors (Lipinski definition) is 4. The fourth-order valence-corrected chi connectivity index (χ4v) is 4.26. The largest absolute Gasteiger partial charge is 0.384 e. The van der Waals surface area contributed by atoms with Gasteiger partial charge in [0.25, 0.3) is 5.91 Å². The van der Waals surface area contributed by atoms with Gasteiger partial charge in [0.05, 0.1) is 10.5 Å². The van der Waals surface area contributed by atoms with Gasteiger partial charge in [0.2, 0.25) is 10.0 Å². The van der Waals surface area contributed by atoms with E-state index in [9.17, 15) is 17.6 Å². The second-order valence-electron chi connectivity index (χ2n) is 7.47. The number of sulfonamides is 1. The highest BCUT2D eigenvalue weighted by Gasteiger charge is 2.18. The van der Waals surface area contributed by atoms with Gasteiger partial charge in [-0.3, -0.25) is 10.2 Å². The summed E-state index contributed by atoms with van der Waals surface area (Å²) < 4.78 is 37.7. The first kappa shape index (κ1) is 23.7. The van der Waals surface area contributed by atoms with Crippen molar-refractivity contribution in [1.29, 1.82) is 5.41 Å². The van der Waals surface area contributed by atoms with Crippen molar-refractivity contribution in [3.63, 3.8) is 0 Å². The Kier molecular flexibility index (Phi) is 6.36. The molecule has 0 radical (unpaired) electrons. The van der Waals surface area contributed by atoms with Crippen LogP contribution >= 0.6 is 0 Å². The molecular formula is C24H19FN6O3S. The molecule has 1 amide bonds. The lowest BCUT2D eigenvalue weighted by atomic mass is 10.0. The molecule has 0 aliphatic rings. The molecule has 0 atom stereocenters. The van der Waals surface area contributed by atoms with Crippen molar-refractivity contribution >= 4 is 27.5 Å². The van der Waals surface area contributed by atoms with E-state index in [2.05, 4.69) is 15.3 Å². The minimum Gasteiger partial charge on any atom is -0.384 e. The van der Waals surface area contributed by atoms with E-state index in [1.165, 1.54) is 30.7 Å². The van der Waals surface area contributed by atoms with E-state index in [0.717, 1.165) is 6.07 Å². The Morgan fingerprint density at radius 3 is 2.34 bits per heavy atom. The molecule has 6 N–H and O–H groups in total. The molecule has 35 heavy (non-hydrogen) atoms. The molecule has 0 bridgehead atoms. The minimum atomic E-state index is -3.92. The number of primary sulfonamides is 1. The third kappa shape index (κ3) is 5.05. The summed E-state index contributed by atoms with van der Waals surface area (Å²) in [7, 11) is -3.92. The predicted octanol–water partition coefficient (Wildman–Crippen LogP) is 3.13. The Morgan fingerprint density at radius 1 is 0.971 bits per heavy atom. The van der Waals surface area contributed by atoms with E-state index < -0.39 is 27.6 Å². The second-order valence-corrected chi connectivity index (χ2v) is 9.00. The van der Waals surface area contributed by atoms with Crippen LogP contribution in [-0.4, -0.2) is 30.1 Å². The summed E-state index contributed by atoms with van der Waals surface area (Å²) in [6.07, 6.45) is 2.62. The van der Waals surface area contributed by atoms with Gasteiger partial charge in [-0.05, 0) is 41.5 Å². The normalized spacial score (nSPS) is 11.1. The van der Waals surface area contributed by atoms with Crippen LogP contribution in [0, 0.1) is 11.2 Å². The number of aromatic nitrogens is 2. The highest BCUT2D eigenvalue weighted by atomic mass is 32.2. The first-order chi connectivity index (χ1) is 16.6. The van der Waals surface area contributed by atoms with Gasteiger partial charge >= 0.3 is 0 Å². The Hall–Kier alpha value is -4.48. The maximum atomic E-state index is 14.0. The van der Waals surface area contributed by atoms with Crippen LogP contribution in [0.5, 0.6) is 0 Å². The van der Waals surface area contributed by atoms with Crippen LogP contribution in [0.2, 0.25) is 0 Å². The average molecular weight is 491 g/mol. The molecule has 176 valence electrons. The van der Waals surface area contributed by atoms with Crippen LogP contribution in [0.15, 0.2) is 84.1 Å². The molecule has 11 heteroatoms. The topological polar surface area (TPSA) is 165 Å². The molecule has 4 aromatic rings. The van der Waals surface area contributed by atoms with E-state index in [1.54, 1.807) is 42.5 Å². The molecule has 4 rings (SSSR count). The van der Waals surface area contributed by atoms with Gasteiger partial charge in [0, 0.05) is 23.0 Å². The van der Waals surface area contributed by atoms with Gasteiger partial charge in [-0.1, -0.05) is 36.4 Å². The van der Waals surface area contributed by atoms with Gasteiger partial charge in [0.1, 0.15) is 23.7 Å². The summed E-state index contributed by atoms with van der Waals surface area (Å²) in [5.41, 5.74) is 7.57. The van der Waals surface area contributed by atoms with Crippen molar-refractivity contribution < 1.29 is 17.6 Å². The number of amides is 1. The SMILES string of the molecule is N=C(N)c1cc(-c2cncnc2C(=O)Nc2ccc(-c3ccccc3S(N)(=O)=O)cc2)ccc1F. The summed E-state index contributed by atoms with van der Waals surface area (Å²) in [6.45, 7) is 0. The Bertz CT molecular complexity index is 1560. The van der Waals surface area contributed by atoms with E-state index in [1.807, 2.05) is 0 Å². The molecule has 0 saturated carbocycles. The van der Waals surface area contributed by atoms with E-state index in [-0.39, 0.29) is 16.2 Å². The molecule has 9 nitrogen and oxygen atoms in total. The number of halogens is 1. The third-order valence-corrected chi connectivity index (χ3v) is 6.11. The third-order valence-electron chi connectivity index (χ3n) is 5.14. The zero-order valence-corrected chi connectivity index (χ0v) is 18.9. The Balaban J connectivity index is 1.62. The molecule has 1 heterocycles. The lowest BCUT2D eigenvalue weighted by Crippen LogP contribution is -2.16. The molecular weight excluding hydrogens is 471 g/mol. The van der Waals surface area contributed by atoms with Crippen LogP contribution in [0.1, 0.15) is 16.1 Å². The second kappa shape index (κ2) is 9.41. The van der Waals surface area contributed by atoms with Crippen molar-refractivity contribution in [3.05, 3.63) is 96.3 Å². The smallest absolute Gasteiger partial charge is 0.275 e. The number of nitrogens with two attached hydrogens (primary N) is 2. The molecule has 0 unspecified atom stereocenters. The Labute approximate surface area is 200 Å². The summed E-state index contributed by atoms with van der Waals surface area (Å²) in [4.78, 5) is 21.0. The van der Waals surface area contributed by atoms with E-state index >= 15 is 0 Å². The minimum absolute atomic E-state index is 0.00774. The van der Waals surface area contributed by atoms with Gasteiger partial charge in [0.15, 0.2) is 0 Å². The highest BCUT2D eigenvalue weighted by Crippen LogP contribution is 2.28. The number of carbonyl (C=O) groups is 1. The number of carbonyl (C=O) groups excluding carboxylic acids is 1.